The van der Waals surface area contributed by atoms with Crippen molar-refractivity contribution in [3.8, 4) is 0 Å². The van der Waals surface area contributed by atoms with Gasteiger partial charge in [0.2, 0.25) is 5.89 Å². The smallest absolute Gasteiger partial charge is 0.205 e. The maximum atomic E-state index is 9.18. The topological polar surface area (TPSA) is 92.5 Å². The lowest BCUT2D eigenvalue weighted by Gasteiger charge is -2.03. The van der Waals surface area contributed by atoms with E-state index < -0.39 is 6.10 Å². The minimum absolute atomic E-state index is 0.229. The molecule has 0 spiro atoms. The molecule has 0 aliphatic rings. The predicted molar refractivity (Wildman–Crippen MR) is 67.7 cm³/mol. The van der Waals surface area contributed by atoms with Crippen molar-refractivity contribution in [1.82, 2.24) is 4.98 Å². The Morgan fingerprint density at radius 3 is 3.00 bits per heavy atom. The van der Waals surface area contributed by atoms with Crippen molar-refractivity contribution in [3.63, 3.8) is 0 Å². The van der Waals surface area contributed by atoms with Crippen molar-refractivity contribution >= 4 is 28.5 Å². The third-order valence-corrected chi connectivity index (χ3v) is 3.31. The molecule has 1 aromatic carbocycles. The second-order valence-electron chi connectivity index (χ2n) is 3.65. The van der Waals surface area contributed by atoms with Crippen molar-refractivity contribution < 1.29 is 14.6 Å². The second-order valence-corrected chi connectivity index (χ2v) is 4.68. The van der Waals surface area contributed by atoms with Gasteiger partial charge in [0.15, 0.2) is 5.58 Å². The quantitative estimate of drug-likeness (QED) is 0.689. The van der Waals surface area contributed by atoms with E-state index in [2.05, 4.69) is 4.98 Å². The van der Waals surface area contributed by atoms with E-state index in [0.717, 1.165) is 0 Å². The lowest BCUT2D eigenvalue weighted by molar-refractivity contribution is 0.113. The summed E-state index contributed by atoms with van der Waals surface area (Å²) in [7, 11) is 0. The molecule has 5 nitrogen and oxygen atoms in total. The fraction of sp³-hybridized carbons (Fsp3) is 0.364. The summed E-state index contributed by atoms with van der Waals surface area (Å²) in [6.07, 6.45) is -0.700. The Labute approximate surface area is 103 Å². The van der Waals surface area contributed by atoms with Gasteiger partial charge in [-0.15, -0.1) is 11.8 Å². The Kier molecular flexibility index (Phi) is 3.88. The Balaban J connectivity index is 2.02. The zero-order chi connectivity index (χ0) is 12.3. The summed E-state index contributed by atoms with van der Waals surface area (Å²) in [5.74, 6) is 1.57. The van der Waals surface area contributed by atoms with Crippen LogP contribution in [0.3, 0.4) is 0 Å². The Hall–Kier alpha value is -1.24. The summed E-state index contributed by atoms with van der Waals surface area (Å²) in [6, 6.07) is 5.40. The van der Waals surface area contributed by atoms with E-state index >= 15 is 0 Å². The molecule has 2 rings (SSSR count). The summed E-state index contributed by atoms with van der Waals surface area (Å²) in [6.45, 7) is -0.229. The Morgan fingerprint density at radius 2 is 2.29 bits per heavy atom. The number of anilines is 1. The number of thioether (sulfide) groups is 1. The fourth-order valence-electron chi connectivity index (χ4n) is 1.41. The van der Waals surface area contributed by atoms with Gasteiger partial charge >= 0.3 is 0 Å². The molecule has 4 N–H and O–H groups in total. The summed E-state index contributed by atoms with van der Waals surface area (Å²) in [5, 5.41) is 17.8. The highest BCUT2D eigenvalue weighted by Crippen LogP contribution is 2.23. The number of para-hydroxylation sites is 1. The molecule has 0 saturated carbocycles. The van der Waals surface area contributed by atoms with Crippen molar-refractivity contribution in [1.29, 1.82) is 0 Å². The van der Waals surface area contributed by atoms with Gasteiger partial charge in [0.25, 0.3) is 0 Å². The molecule has 2 aromatic rings. The average molecular weight is 254 g/mol. The molecular formula is C11H14N2O3S. The van der Waals surface area contributed by atoms with Crippen LogP contribution in [0.25, 0.3) is 11.1 Å². The molecule has 92 valence electrons. The monoisotopic (exact) mass is 254 g/mol. The number of nitrogen functional groups attached to an aromatic ring is 1. The zero-order valence-electron chi connectivity index (χ0n) is 9.17. The zero-order valence-corrected chi connectivity index (χ0v) is 9.98. The van der Waals surface area contributed by atoms with Gasteiger partial charge in [0.05, 0.1) is 24.2 Å². The first-order valence-electron chi connectivity index (χ1n) is 5.21. The summed E-state index contributed by atoms with van der Waals surface area (Å²) < 4.78 is 5.51. The molecule has 1 atom stereocenters. The van der Waals surface area contributed by atoms with E-state index in [0.29, 0.717) is 34.2 Å². The van der Waals surface area contributed by atoms with E-state index in [9.17, 15) is 5.11 Å². The molecule has 1 heterocycles. The van der Waals surface area contributed by atoms with Crippen LogP contribution >= 0.6 is 11.8 Å². The van der Waals surface area contributed by atoms with Crippen LogP contribution in [-0.2, 0) is 5.75 Å². The predicted octanol–water partition coefficient (Wildman–Crippen LogP) is 0.996. The Bertz CT molecular complexity index is 500. The van der Waals surface area contributed by atoms with Gasteiger partial charge in [-0.1, -0.05) is 6.07 Å². The molecular weight excluding hydrogens is 240 g/mol. The SMILES string of the molecule is Nc1cccc2oc(CSCC(O)CO)nc12. The Morgan fingerprint density at radius 1 is 1.47 bits per heavy atom. The van der Waals surface area contributed by atoms with Crippen LogP contribution in [0.5, 0.6) is 0 Å². The minimum atomic E-state index is -0.700. The standard InChI is InChI=1S/C11H14N2O3S/c12-8-2-1-3-9-11(8)13-10(16-9)6-17-5-7(15)4-14/h1-3,7,14-15H,4-6,12H2. The van der Waals surface area contributed by atoms with Crippen LogP contribution in [0, 0.1) is 0 Å². The van der Waals surface area contributed by atoms with Crippen molar-refractivity contribution in [2.24, 2.45) is 0 Å². The van der Waals surface area contributed by atoms with E-state index in [-0.39, 0.29) is 6.61 Å². The van der Waals surface area contributed by atoms with Gasteiger partial charge in [-0.05, 0) is 12.1 Å². The number of hydrogen-bond donors (Lipinski definition) is 3. The van der Waals surface area contributed by atoms with Gasteiger partial charge in [-0.2, -0.15) is 0 Å². The summed E-state index contributed by atoms with van der Waals surface area (Å²) in [5.41, 5.74) is 7.70. The van der Waals surface area contributed by atoms with Crippen molar-refractivity contribution in [3.05, 3.63) is 24.1 Å². The van der Waals surface area contributed by atoms with Crippen LogP contribution < -0.4 is 5.73 Å². The number of rotatable bonds is 5. The minimum Gasteiger partial charge on any atom is -0.440 e. The fourth-order valence-corrected chi connectivity index (χ4v) is 2.21. The molecule has 0 bridgehead atoms. The number of benzene rings is 1. The number of aliphatic hydroxyl groups excluding tert-OH is 2. The molecule has 0 aliphatic carbocycles. The maximum absolute atomic E-state index is 9.18. The van der Waals surface area contributed by atoms with Crippen LogP contribution in [0.15, 0.2) is 22.6 Å². The molecule has 0 saturated heterocycles. The summed E-state index contributed by atoms with van der Waals surface area (Å²) >= 11 is 1.45. The van der Waals surface area contributed by atoms with Crippen LogP contribution in [0.1, 0.15) is 5.89 Å². The lowest BCUT2D eigenvalue weighted by Crippen LogP contribution is -2.14. The number of oxazole rings is 1. The number of nitrogens with zero attached hydrogens (tertiary/aromatic N) is 1. The number of nitrogens with two attached hydrogens (primary N) is 1. The first-order chi connectivity index (χ1) is 8.20. The highest BCUT2D eigenvalue weighted by Gasteiger charge is 2.09. The lowest BCUT2D eigenvalue weighted by atomic mass is 10.3. The third-order valence-electron chi connectivity index (χ3n) is 2.24. The number of aromatic nitrogens is 1. The maximum Gasteiger partial charge on any atom is 0.205 e. The molecule has 6 heteroatoms. The van der Waals surface area contributed by atoms with E-state index in [1.54, 1.807) is 6.07 Å². The average Bonchev–Trinajstić information content (AvgIpc) is 2.73. The van der Waals surface area contributed by atoms with Gasteiger partial charge < -0.3 is 20.4 Å². The second kappa shape index (κ2) is 5.39. The van der Waals surface area contributed by atoms with Gasteiger partial charge in [-0.3, -0.25) is 0 Å². The van der Waals surface area contributed by atoms with Crippen LogP contribution in [0.2, 0.25) is 0 Å². The highest BCUT2D eigenvalue weighted by molar-refractivity contribution is 7.98. The normalized spacial score (nSPS) is 13.1. The van der Waals surface area contributed by atoms with Crippen molar-refractivity contribution in [2.45, 2.75) is 11.9 Å². The molecule has 1 unspecified atom stereocenters. The van der Waals surface area contributed by atoms with E-state index in [4.69, 9.17) is 15.3 Å². The van der Waals surface area contributed by atoms with Crippen LogP contribution in [-0.4, -0.2) is 33.7 Å². The number of fused-ring (bicyclic) bond motifs is 1. The molecule has 0 amide bonds. The number of aliphatic hydroxyl groups is 2. The van der Waals surface area contributed by atoms with Gasteiger partial charge in [0, 0.05) is 5.75 Å². The third kappa shape index (κ3) is 2.91. The molecule has 0 radical (unpaired) electrons. The number of hydrogen-bond acceptors (Lipinski definition) is 6. The van der Waals surface area contributed by atoms with E-state index in [1.165, 1.54) is 11.8 Å². The highest BCUT2D eigenvalue weighted by atomic mass is 32.2. The molecule has 0 fully saturated rings. The van der Waals surface area contributed by atoms with Gasteiger partial charge in [0.1, 0.15) is 5.52 Å². The first kappa shape index (κ1) is 12.2. The first-order valence-corrected chi connectivity index (χ1v) is 6.36. The largest absolute Gasteiger partial charge is 0.440 e. The summed E-state index contributed by atoms with van der Waals surface area (Å²) in [4.78, 5) is 4.28. The van der Waals surface area contributed by atoms with Crippen molar-refractivity contribution in [2.75, 3.05) is 18.1 Å². The molecule has 17 heavy (non-hydrogen) atoms. The molecule has 0 aliphatic heterocycles. The van der Waals surface area contributed by atoms with Gasteiger partial charge in [-0.25, -0.2) is 4.98 Å². The van der Waals surface area contributed by atoms with E-state index in [1.807, 2.05) is 12.1 Å². The van der Waals surface area contributed by atoms with Crippen LogP contribution in [0.4, 0.5) is 5.69 Å². The molecule has 1 aromatic heterocycles.